The highest BCUT2D eigenvalue weighted by atomic mass is 16.2. The number of fused-ring (bicyclic) bond motifs is 2. The molecule has 0 aliphatic carbocycles. The van der Waals surface area contributed by atoms with Crippen LogP contribution in [-0.4, -0.2) is 77.0 Å². The normalized spacial score (nSPS) is 24.2. The highest BCUT2D eigenvalue weighted by Crippen LogP contribution is 2.49. The number of anilines is 1. The maximum Gasteiger partial charge on any atom is 0.317 e. The van der Waals surface area contributed by atoms with Gasteiger partial charge in [-0.05, 0) is 30.9 Å². The highest BCUT2D eigenvalue weighted by Gasteiger charge is 2.60. The lowest BCUT2D eigenvalue weighted by atomic mass is 9.75. The molecule has 0 unspecified atom stereocenters. The first-order valence-electron chi connectivity index (χ1n) is 11.4. The van der Waals surface area contributed by atoms with Crippen molar-refractivity contribution in [3.05, 3.63) is 54.4 Å². The number of hydrogen-bond donors (Lipinski definition) is 1. The van der Waals surface area contributed by atoms with Crippen LogP contribution in [-0.2, 0) is 11.2 Å². The molecule has 2 atom stereocenters. The van der Waals surface area contributed by atoms with Crippen molar-refractivity contribution in [2.45, 2.75) is 24.8 Å². The average Bonchev–Trinajstić information content (AvgIpc) is 3.36. The molecular formula is C24H30N6O2. The third kappa shape index (κ3) is 3.57. The van der Waals surface area contributed by atoms with E-state index in [-0.39, 0.29) is 29.3 Å². The number of nitrogens with zero attached hydrogens (tertiary/aromatic N) is 5. The van der Waals surface area contributed by atoms with Crippen LogP contribution in [0.2, 0.25) is 0 Å². The number of aromatic nitrogens is 2. The molecule has 32 heavy (non-hydrogen) atoms. The zero-order chi connectivity index (χ0) is 22.1. The van der Waals surface area contributed by atoms with Crippen molar-refractivity contribution < 1.29 is 9.59 Å². The Labute approximate surface area is 188 Å². The number of nitrogens with one attached hydrogen (secondary N) is 1. The number of piperidine rings is 1. The molecule has 3 fully saturated rings. The molecule has 1 N–H and O–H groups in total. The van der Waals surface area contributed by atoms with Crippen molar-refractivity contribution in [1.29, 1.82) is 0 Å². The molecule has 3 amide bonds. The van der Waals surface area contributed by atoms with E-state index in [9.17, 15) is 9.59 Å². The largest absolute Gasteiger partial charge is 0.340 e. The molecule has 0 radical (unpaired) electrons. The molecule has 1 aromatic carbocycles. The summed E-state index contributed by atoms with van der Waals surface area (Å²) < 4.78 is 0. The first-order chi connectivity index (χ1) is 15.6. The summed E-state index contributed by atoms with van der Waals surface area (Å²) in [4.78, 5) is 40.6. The summed E-state index contributed by atoms with van der Waals surface area (Å²) >= 11 is 0. The standard InChI is InChI=1S/C24H30N6O2/c1-28-21(31)19-16-30(22-25-11-5-12-26-22)17-20(19)24(28)9-14-29(15-10-24)23(32)27-13-8-18-6-3-2-4-7-18/h2-7,11-12,19-20H,8-10,13-17H2,1H3,(H,27,32)/t19-,20+/m1/s1. The van der Waals surface area contributed by atoms with Crippen LogP contribution in [0.1, 0.15) is 18.4 Å². The highest BCUT2D eigenvalue weighted by molar-refractivity contribution is 5.84. The van der Waals surface area contributed by atoms with E-state index < -0.39 is 0 Å². The number of urea groups is 1. The Morgan fingerprint density at radius 1 is 1.09 bits per heavy atom. The van der Waals surface area contributed by atoms with Gasteiger partial charge in [0.05, 0.1) is 11.5 Å². The minimum absolute atomic E-state index is 0.00922. The summed E-state index contributed by atoms with van der Waals surface area (Å²) in [7, 11) is 1.94. The van der Waals surface area contributed by atoms with Crippen LogP contribution in [0.15, 0.2) is 48.8 Å². The molecule has 5 rings (SSSR count). The molecule has 3 aliphatic heterocycles. The Bertz CT molecular complexity index is 961. The number of benzene rings is 1. The zero-order valence-corrected chi connectivity index (χ0v) is 18.5. The van der Waals surface area contributed by atoms with E-state index in [0.29, 0.717) is 32.1 Å². The molecule has 0 bridgehead atoms. The number of rotatable bonds is 4. The van der Waals surface area contributed by atoms with E-state index >= 15 is 0 Å². The molecule has 2 aromatic rings. The number of amides is 3. The van der Waals surface area contributed by atoms with Crippen molar-refractivity contribution in [3.63, 3.8) is 0 Å². The Kier molecular flexibility index (Phi) is 5.45. The van der Waals surface area contributed by atoms with E-state index in [0.717, 1.165) is 25.8 Å². The summed E-state index contributed by atoms with van der Waals surface area (Å²) in [6.45, 7) is 3.41. The minimum Gasteiger partial charge on any atom is -0.340 e. The van der Waals surface area contributed by atoms with Gasteiger partial charge in [-0.3, -0.25) is 4.79 Å². The van der Waals surface area contributed by atoms with Crippen molar-refractivity contribution in [2.24, 2.45) is 11.8 Å². The fourth-order valence-corrected chi connectivity index (χ4v) is 5.81. The van der Waals surface area contributed by atoms with Crippen LogP contribution in [0.25, 0.3) is 0 Å². The second-order valence-corrected chi connectivity index (χ2v) is 9.12. The van der Waals surface area contributed by atoms with Gasteiger partial charge < -0.3 is 20.0 Å². The van der Waals surface area contributed by atoms with E-state index in [4.69, 9.17) is 0 Å². The molecule has 3 aliphatic rings. The monoisotopic (exact) mass is 434 g/mol. The molecule has 1 aromatic heterocycles. The second-order valence-electron chi connectivity index (χ2n) is 9.12. The Hall–Kier alpha value is -3.16. The van der Waals surface area contributed by atoms with Crippen LogP contribution < -0.4 is 10.2 Å². The van der Waals surface area contributed by atoms with Crippen molar-refractivity contribution in [1.82, 2.24) is 25.1 Å². The predicted molar refractivity (Wildman–Crippen MR) is 121 cm³/mol. The van der Waals surface area contributed by atoms with Crippen molar-refractivity contribution in [2.75, 3.05) is 44.7 Å². The fourth-order valence-electron chi connectivity index (χ4n) is 5.81. The van der Waals surface area contributed by atoms with Crippen LogP contribution in [0.4, 0.5) is 10.7 Å². The van der Waals surface area contributed by atoms with Gasteiger partial charge in [0.25, 0.3) is 0 Å². The smallest absolute Gasteiger partial charge is 0.317 e. The van der Waals surface area contributed by atoms with Gasteiger partial charge in [0.15, 0.2) is 0 Å². The minimum atomic E-state index is -0.188. The summed E-state index contributed by atoms with van der Waals surface area (Å²) in [6.07, 6.45) is 5.94. The van der Waals surface area contributed by atoms with Gasteiger partial charge in [-0.1, -0.05) is 30.3 Å². The van der Waals surface area contributed by atoms with E-state index in [1.165, 1.54) is 5.56 Å². The van der Waals surface area contributed by atoms with Crippen molar-refractivity contribution >= 4 is 17.9 Å². The Morgan fingerprint density at radius 3 is 2.53 bits per heavy atom. The van der Waals surface area contributed by atoms with Crippen LogP contribution in [0.5, 0.6) is 0 Å². The molecule has 4 heterocycles. The van der Waals surface area contributed by atoms with Gasteiger partial charge in [-0.2, -0.15) is 0 Å². The van der Waals surface area contributed by atoms with E-state index in [1.54, 1.807) is 18.5 Å². The fraction of sp³-hybridized carbons (Fsp3) is 0.500. The molecular weight excluding hydrogens is 404 g/mol. The maximum absolute atomic E-state index is 13.1. The predicted octanol–water partition coefficient (Wildman–Crippen LogP) is 1.79. The Balaban J connectivity index is 1.20. The SMILES string of the molecule is CN1C(=O)[C@@H]2CN(c3ncccn3)C[C@@H]2C12CCN(C(=O)NCCc1ccccc1)CC2. The zero-order valence-electron chi connectivity index (χ0n) is 18.5. The first-order valence-corrected chi connectivity index (χ1v) is 11.4. The number of hydrogen-bond acceptors (Lipinski definition) is 5. The van der Waals surface area contributed by atoms with Gasteiger partial charge in [0, 0.05) is 58.1 Å². The lowest BCUT2D eigenvalue weighted by Gasteiger charge is -2.46. The molecule has 8 nitrogen and oxygen atoms in total. The summed E-state index contributed by atoms with van der Waals surface area (Å²) in [6, 6.07) is 12.0. The maximum atomic E-state index is 13.1. The third-order valence-electron chi connectivity index (χ3n) is 7.61. The van der Waals surface area contributed by atoms with Crippen LogP contribution in [0, 0.1) is 11.8 Å². The van der Waals surface area contributed by atoms with Gasteiger partial charge >= 0.3 is 6.03 Å². The van der Waals surface area contributed by atoms with Gasteiger partial charge in [-0.15, -0.1) is 0 Å². The summed E-state index contributed by atoms with van der Waals surface area (Å²) in [5.74, 6) is 1.14. The number of carbonyl (C=O) groups excluding carboxylic acids is 2. The molecule has 1 spiro atoms. The quantitative estimate of drug-likeness (QED) is 0.794. The van der Waals surface area contributed by atoms with Gasteiger partial charge in [0.1, 0.15) is 0 Å². The molecule has 8 heteroatoms. The molecule has 168 valence electrons. The Morgan fingerprint density at radius 2 is 1.81 bits per heavy atom. The number of likely N-dealkylation sites (tertiary alicyclic amines) is 2. The molecule has 0 saturated carbocycles. The van der Waals surface area contributed by atoms with Gasteiger partial charge in [-0.25, -0.2) is 14.8 Å². The number of carbonyl (C=O) groups is 2. The molecule has 3 saturated heterocycles. The van der Waals surface area contributed by atoms with E-state index in [2.05, 4.69) is 32.3 Å². The second kappa shape index (κ2) is 8.41. The third-order valence-corrected chi connectivity index (χ3v) is 7.61. The van der Waals surface area contributed by atoms with Crippen LogP contribution in [0.3, 0.4) is 0 Å². The topological polar surface area (TPSA) is 81.7 Å². The summed E-state index contributed by atoms with van der Waals surface area (Å²) in [5.41, 5.74) is 1.03. The lowest BCUT2D eigenvalue weighted by Crippen LogP contribution is -2.58. The summed E-state index contributed by atoms with van der Waals surface area (Å²) in [5, 5.41) is 3.06. The van der Waals surface area contributed by atoms with Crippen LogP contribution >= 0.6 is 0 Å². The van der Waals surface area contributed by atoms with Crippen molar-refractivity contribution in [3.8, 4) is 0 Å². The average molecular weight is 435 g/mol. The lowest BCUT2D eigenvalue weighted by molar-refractivity contribution is -0.133. The van der Waals surface area contributed by atoms with Gasteiger partial charge in [0.2, 0.25) is 11.9 Å². The van der Waals surface area contributed by atoms with E-state index in [1.807, 2.05) is 35.0 Å². The first kappa shape index (κ1) is 20.7.